The van der Waals surface area contributed by atoms with E-state index in [1.54, 1.807) is 12.1 Å². The summed E-state index contributed by atoms with van der Waals surface area (Å²) in [6.45, 7) is 6.53. The van der Waals surface area contributed by atoms with Crippen LogP contribution in [0.5, 0.6) is 0 Å². The SMILES string of the molecule is C[C@@H]1CN(C2CC3CCCC(C2)N3C)C[C@@H](C)N1c1nc2c(C(N)=O)cccc2o1. The van der Waals surface area contributed by atoms with Crippen molar-refractivity contribution in [3.05, 3.63) is 23.8 Å². The van der Waals surface area contributed by atoms with Crippen LogP contribution < -0.4 is 10.6 Å². The summed E-state index contributed by atoms with van der Waals surface area (Å²) < 4.78 is 6.08. The average Bonchev–Trinajstić information content (AvgIpc) is 3.10. The summed E-state index contributed by atoms with van der Waals surface area (Å²) in [4.78, 5) is 24.1. The molecule has 4 heterocycles. The first-order valence-electron chi connectivity index (χ1n) is 11.4. The zero-order valence-electron chi connectivity index (χ0n) is 18.3. The maximum atomic E-state index is 11.8. The van der Waals surface area contributed by atoms with Crippen LogP contribution in [0, 0.1) is 0 Å². The predicted molar refractivity (Wildman–Crippen MR) is 118 cm³/mol. The van der Waals surface area contributed by atoms with Crippen molar-refractivity contribution in [2.24, 2.45) is 5.73 Å². The van der Waals surface area contributed by atoms with Crippen molar-refractivity contribution < 1.29 is 9.21 Å². The normalized spacial score (nSPS) is 33.2. The van der Waals surface area contributed by atoms with Crippen molar-refractivity contribution >= 4 is 23.0 Å². The number of amides is 1. The van der Waals surface area contributed by atoms with Crippen molar-refractivity contribution in [2.45, 2.75) is 76.2 Å². The lowest BCUT2D eigenvalue weighted by Crippen LogP contribution is -2.63. The number of hydrogen-bond donors (Lipinski definition) is 1. The van der Waals surface area contributed by atoms with Gasteiger partial charge in [0, 0.05) is 43.3 Å². The molecule has 2 N–H and O–H groups in total. The summed E-state index contributed by atoms with van der Waals surface area (Å²) in [6, 6.07) is 8.69. The summed E-state index contributed by atoms with van der Waals surface area (Å²) in [5.74, 6) is -0.473. The van der Waals surface area contributed by atoms with Gasteiger partial charge < -0.3 is 20.0 Å². The number of rotatable bonds is 3. The molecule has 7 nitrogen and oxygen atoms in total. The van der Waals surface area contributed by atoms with Crippen molar-refractivity contribution in [3.8, 4) is 0 Å². The third kappa shape index (κ3) is 3.28. The number of oxazole rings is 1. The third-order valence-electron chi connectivity index (χ3n) is 7.67. The molecule has 3 aliphatic rings. The lowest BCUT2D eigenvalue weighted by molar-refractivity contribution is -0.000308. The summed E-state index contributed by atoms with van der Waals surface area (Å²) in [6.07, 6.45) is 6.66. The van der Waals surface area contributed by atoms with Crippen molar-refractivity contribution in [2.75, 3.05) is 25.0 Å². The Labute approximate surface area is 178 Å². The Kier molecular flexibility index (Phi) is 4.98. The molecule has 4 atom stereocenters. The Morgan fingerprint density at radius 1 is 1.10 bits per heavy atom. The van der Waals surface area contributed by atoms with E-state index in [9.17, 15) is 4.79 Å². The molecule has 2 bridgehead atoms. The van der Waals surface area contributed by atoms with Crippen LogP contribution in [-0.2, 0) is 0 Å². The Morgan fingerprint density at radius 2 is 1.77 bits per heavy atom. The second-order valence-electron chi connectivity index (χ2n) is 9.60. The molecule has 0 radical (unpaired) electrons. The Bertz CT molecular complexity index is 917. The monoisotopic (exact) mass is 411 g/mol. The number of nitrogens with zero attached hydrogens (tertiary/aromatic N) is 4. The van der Waals surface area contributed by atoms with Gasteiger partial charge in [0.25, 0.3) is 11.9 Å². The zero-order valence-corrected chi connectivity index (χ0v) is 18.3. The van der Waals surface area contributed by atoms with Crippen LogP contribution >= 0.6 is 0 Å². The Balaban J connectivity index is 1.36. The molecule has 0 saturated carbocycles. The molecule has 30 heavy (non-hydrogen) atoms. The minimum atomic E-state index is -0.473. The number of benzene rings is 1. The molecular formula is C23H33N5O2. The number of fused-ring (bicyclic) bond motifs is 3. The van der Waals surface area contributed by atoms with Crippen molar-refractivity contribution in [1.82, 2.24) is 14.8 Å². The van der Waals surface area contributed by atoms with Gasteiger partial charge in [0.2, 0.25) is 0 Å². The fraction of sp³-hybridized carbons (Fsp3) is 0.652. The van der Waals surface area contributed by atoms with Crippen molar-refractivity contribution in [3.63, 3.8) is 0 Å². The number of primary amides is 1. The highest BCUT2D eigenvalue weighted by molar-refractivity contribution is 6.03. The van der Waals surface area contributed by atoms with Gasteiger partial charge in [0.15, 0.2) is 5.58 Å². The quantitative estimate of drug-likeness (QED) is 0.837. The minimum absolute atomic E-state index is 0.290. The molecule has 162 valence electrons. The summed E-state index contributed by atoms with van der Waals surface area (Å²) in [5, 5.41) is 0. The Morgan fingerprint density at radius 3 is 2.40 bits per heavy atom. The molecule has 5 rings (SSSR count). The number of para-hydroxylation sites is 1. The van der Waals surface area contributed by atoms with Crippen molar-refractivity contribution in [1.29, 1.82) is 0 Å². The van der Waals surface area contributed by atoms with Crippen LogP contribution in [0.2, 0.25) is 0 Å². The molecule has 3 saturated heterocycles. The van der Waals surface area contributed by atoms with E-state index in [4.69, 9.17) is 10.2 Å². The molecule has 2 aromatic rings. The molecular weight excluding hydrogens is 378 g/mol. The molecule has 0 spiro atoms. The van der Waals surface area contributed by atoms with Crippen LogP contribution in [-0.4, -0.2) is 71.0 Å². The second kappa shape index (κ2) is 7.54. The van der Waals surface area contributed by atoms with Gasteiger partial charge in [-0.05, 0) is 58.7 Å². The summed E-state index contributed by atoms with van der Waals surface area (Å²) in [5.41, 5.74) is 7.12. The number of piperidine rings is 2. The summed E-state index contributed by atoms with van der Waals surface area (Å²) in [7, 11) is 2.32. The van der Waals surface area contributed by atoms with Gasteiger partial charge in [0.1, 0.15) is 5.52 Å². The number of carbonyl (C=O) groups excluding carboxylic acids is 1. The summed E-state index contributed by atoms with van der Waals surface area (Å²) >= 11 is 0. The highest BCUT2D eigenvalue weighted by atomic mass is 16.4. The number of nitrogens with two attached hydrogens (primary N) is 1. The average molecular weight is 412 g/mol. The van der Waals surface area contributed by atoms with E-state index in [1.807, 2.05) is 6.07 Å². The lowest BCUT2D eigenvalue weighted by Gasteiger charge is -2.53. The largest absolute Gasteiger partial charge is 0.423 e. The maximum Gasteiger partial charge on any atom is 0.298 e. The number of hydrogen-bond acceptors (Lipinski definition) is 6. The molecule has 1 aromatic carbocycles. The van der Waals surface area contributed by atoms with Gasteiger partial charge in [-0.2, -0.15) is 4.98 Å². The first kappa shape index (κ1) is 19.8. The lowest BCUT2D eigenvalue weighted by atomic mass is 9.81. The van der Waals surface area contributed by atoms with Gasteiger partial charge in [-0.1, -0.05) is 12.5 Å². The van der Waals surface area contributed by atoms with Crippen LogP contribution in [0.1, 0.15) is 56.3 Å². The number of carbonyl (C=O) groups is 1. The molecule has 1 aromatic heterocycles. The molecule has 1 amide bonds. The maximum absolute atomic E-state index is 11.8. The van der Waals surface area contributed by atoms with E-state index in [0.29, 0.717) is 40.8 Å². The van der Waals surface area contributed by atoms with E-state index >= 15 is 0 Å². The fourth-order valence-electron chi connectivity index (χ4n) is 6.17. The smallest absolute Gasteiger partial charge is 0.298 e. The zero-order chi connectivity index (χ0) is 21.0. The predicted octanol–water partition coefficient (Wildman–Crippen LogP) is 2.84. The van der Waals surface area contributed by atoms with E-state index in [-0.39, 0.29) is 0 Å². The van der Waals surface area contributed by atoms with E-state index in [0.717, 1.165) is 25.2 Å². The number of aromatic nitrogens is 1. The Hall–Kier alpha value is -2.12. The molecule has 2 unspecified atom stereocenters. The number of piperazine rings is 1. The first-order chi connectivity index (χ1) is 14.4. The second-order valence-corrected chi connectivity index (χ2v) is 9.60. The fourth-order valence-corrected chi connectivity index (χ4v) is 6.17. The van der Waals surface area contributed by atoms with E-state index < -0.39 is 5.91 Å². The first-order valence-corrected chi connectivity index (χ1v) is 11.4. The van der Waals surface area contributed by atoms with E-state index in [2.05, 4.69) is 40.6 Å². The van der Waals surface area contributed by atoms with Crippen LogP contribution in [0.15, 0.2) is 22.6 Å². The van der Waals surface area contributed by atoms with Crippen LogP contribution in [0.4, 0.5) is 6.01 Å². The standard InChI is InChI=1S/C23H33N5O2/c1-14-12-27(18-10-16-6-4-7-17(11-18)26(16)3)13-15(2)28(14)23-25-21-19(22(24)29)8-5-9-20(21)30-23/h5,8-9,14-18H,4,6-7,10-13H2,1-3H3,(H2,24,29)/t14-,15-,16?,17?,18?/m1/s1. The van der Waals surface area contributed by atoms with E-state index in [1.165, 1.54) is 32.1 Å². The molecule has 0 aliphatic carbocycles. The minimum Gasteiger partial charge on any atom is -0.423 e. The van der Waals surface area contributed by atoms with Gasteiger partial charge in [-0.3, -0.25) is 9.69 Å². The van der Waals surface area contributed by atoms with Gasteiger partial charge in [0.05, 0.1) is 5.56 Å². The molecule has 3 aliphatic heterocycles. The number of anilines is 1. The highest BCUT2D eigenvalue weighted by Gasteiger charge is 2.41. The van der Waals surface area contributed by atoms with Crippen LogP contribution in [0.25, 0.3) is 11.1 Å². The van der Waals surface area contributed by atoms with Gasteiger partial charge in [-0.15, -0.1) is 0 Å². The topological polar surface area (TPSA) is 78.8 Å². The van der Waals surface area contributed by atoms with Gasteiger partial charge in [-0.25, -0.2) is 0 Å². The highest BCUT2D eigenvalue weighted by Crippen LogP contribution is 2.37. The van der Waals surface area contributed by atoms with Crippen LogP contribution in [0.3, 0.4) is 0 Å². The molecule has 7 heteroatoms. The third-order valence-corrected chi connectivity index (χ3v) is 7.67. The molecule has 3 fully saturated rings. The van der Waals surface area contributed by atoms with Gasteiger partial charge >= 0.3 is 0 Å².